The first-order valence-corrected chi connectivity index (χ1v) is 19.8. The predicted molar refractivity (Wildman–Crippen MR) is 196 cm³/mol. The minimum Gasteiger partial charge on any atom is -0.382 e. The number of carbonyl (C=O) groups excluding carboxylic acids is 2. The van der Waals surface area contributed by atoms with Crippen LogP contribution in [0.15, 0.2) is 12.2 Å². The second kappa shape index (κ2) is 16.8. The van der Waals surface area contributed by atoms with Crippen LogP contribution in [0.5, 0.6) is 0 Å². The lowest BCUT2D eigenvalue weighted by Gasteiger charge is -2.35. The fraction of sp³-hybridized carbons (Fsp3) is 0.905. The lowest BCUT2D eigenvalue weighted by molar-refractivity contribution is -0.143. The summed E-state index contributed by atoms with van der Waals surface area (Å²) in [6, 6.07) is 0. The number of Topliss-reactive ketones (excluding diaryl/α,β-unsaturated/α-hetero) is 2. The van der Waals surface area contributed by atoms with Gasteiger partial charge >= 0.3 is 0 Å². The smallest absolute Gasteiger partial charge is 0.164 e. The van der Waals surface area contributed by atoms with E-state index in [0.717, 1.165) is 64.2 Å². The van der Waals surface area contributed by atoms with Crippen LogP contribution < -0.4 is 5.32 Å². The summed E-state index contributed by atoms with van der Waals surface area (Å²) >= 11 is 0. The second-order valence-electron chi connectivity index (χ2n) is 18.6. The lowest BCUT2D eigenvalue weighted by Crippen LogP contribution is -2.46. The fourth-order valence-corrected chi connectivity index (χ4v) is 10.1. The van der Waals surface area contributed by atoms with Crippen LogP contribution in [0.1, 0.15) is 171 Å². The maximum Gasteiger partial charge on any atom is 0.164 e. The van der Waals surface area contributed by atoms with Crippen molar-refractivity contribution in [2.45, 2.75) is 183 Å². The van der Waals surface area contributed by atoms with Gasteiger partial charge in [0.25, 0.3) is 0 Å². The third-order valence-electron chi connectivity index (χ3n) is 12.8. The van der Waals surface area contributed by atoms with Crippen molar-refractivity contribution < 1.29 is 19.8 Å². The van der Waals surface area contributed by atoms with Gasteiger partial charge in [-0.2, -0.15) is 0 Å². The Morgan fingerprint density at radius 2 is 1.62 bits per heavy atom. The van der Waals surface area contributed by atoms with E-state index in [1.54, 1.807) is 13.8 Å². The molecular weight excluding hydrogens is 582 g/mol. The molecule has 8 atom stereocenters. The van der Waals surface area contributed by atoms with Crippen molar-refractivity contribution in [3.63, 3.8) is 0 Å². The van der Waals surface area contributed by atoms with E-state index in [-0.39, 0.29) is 35.4 Å². The summed E-state index contributed by atoms with van der Waals surface area (Å²) in [5, 5.41) is 25.2. The zero-order chi connectivity index (χ0) is 35.2. The van der Waals surface area contributed by atoms with Gasteiger partial charge in [0.05, 0.1) is 0 Å². The second-order valence-corrected chi connectivity index (χ2v) is 18.6. The number of hydrogen-bond donors (Lipinski definition) is 3. The average molecular weight is 658 g/mol. The van der Waals surface area contributed by atoms with Crippen molar-refractivity contribution in [3.8, 4) is 0 Å². The summed E-state index contributed by atoms with van der Waals surface area (Å²) in [5.74, 6) is 2.89. The summed E-state index contributed by atoms with van der Waals surface area (Å²) in [6.45, 7) is 24.4. The molecule has 3 rings (SSSR count). The number of nitrogens with one attached hydrogen (secondary N) is 1. The van der Waals surface area contributed by atoms with Gasteiger partial charge in [0.1, 0.15) is 17.1 Å². The average Bonchev–Trinajstić information content (AvgIpc) is 3.30. The molecule has 5 nitrogen and oxygen atoms in total. The Balaban J connectivity index is 1.65. The molecule has 0 saturated heterocycles. The highest BCUT2D eigenvalue weighted by atomic mass is 16.3. The lowest BCUT2D eigenvalue weighted by atomic mass is 9.68. The highest BCUT2D eigenvalue weighted by Gasteiger charge is 2.67. The Bertz CT molecular complexity index is 1030. The van der Waals surface area contributed by atoms with Crippen LogP contribution in [-0.2, 0) is 9.59 Å². The first kappa shape index (κ1) is 40.4. The third kappa shape index (κ3) is 11.0. The number of unbranched alkanes of at least 4 members (excludes halogenated alkanes) is 1. The van der Waals surface area contributed by atoms with Crippen LogP contribution in [0.4, 0.5) is 0 Å². The van der Waals surface area contributed by atoms with E-state index in [4.69, 9.17) is 0 Å². The molecule has 0 amide bonds. The highest BCUT2D eigenvalue weighted by molar-refractivity contribution is 5.87. The van der Waals surface area contributed by atoms with Gasteiger partial charge in [-0.15, -0.1) is 0 Å². The van der Waals surface area contributed by atoms with Crippen LogP contribution in [0.2, 0.25) is 0 Å². The Labute approximate surface area is 289 Å². The van der Waals surface area contributed by atoms with Crippen molar-refractivity contribution in [2.24, 2.45) is 52.3 Å². The van der Waals surface area contributed by atoms with Crippen LogP contribution in [0.25, 0.3) is 0 Å². The molecule has 0 aromatic rings. The van der Waals surface area contributed by atoms with Gasteiger partial charge in [-0.3, -0.25) is 14.9 Å². The summed E-state index contributed by atoms with van der Waals surface area (Å²) < 4.78 is 0. The van der Waals surface area contributed by atoms with Crippen molar-refractivity contribution >= 4 is 11.6 Å². The van der Waals surface area contributed by atoms with E-state index in [0.29, 0.717) is 47.8 Å². The van der Waals surface area contributed by atoms with Crippen LogP contribution in [0.3, 0.4) is 0 Å². The molecule has 5 heteroatoms. The predicted octanol–water partition coefficient (Wildman–Crippen LogP) is 9.83. The van der Waals surface area contributed by atoms with E-state index >= 15 is 0 Å². The van der Waals surface area contributed by atoms with E-state index in [2.05, 4.69) is 53.4 Å². The molecule has 0 aliphatic heterocycles. The molecule has 0 spiro atoms. The van der Waals surface area contributed by atoms with E-state index in [1.807, 2.05) is 6.92 Å². The normalized spacial score (nSPS) is 28.1. The molecule has 3 N–H and O–H groups in total. The van der Waals surface area contributed by atoms with Gasteiger partial charge in [-0.25, -0.2) is 0 Å². The first-order valence-electron chi connectivity index (χ1n) is 19.8. The van der Waals surface area contributed by atoms with E-state index in [9.17, 15) is 19.8 Å². The molecule has 3 aliphatic rings. The van der Waals surface area contributed by atoms with Gasteiger partial charge in [-0.05, 0) is 125 Å². The number of fused-ring (bicyclic) bond motifs is 1. The van der Waals surface area contributed by atoms with Gasteiger partial charge in [0.2, 0.25) is 0 Å². The van der Waals surface area contributed by atoms with Gasteiger partial charge < -0.3 is 10.2 Å². The first-order chi connectivity index (χ1) is 21.9. The summed E-state index contributed by atoms with van der Waals surface area (Å²) in [4.78, 5) is 27.9. The minimum absolute atomic E-state index is 0.0933. The standard InChI is InChI=1S/C42H75NO4/c1-11-18-31(42(10,47)36(44)23-24-41(9,46)43-25-12-2)21-16-17-22-32-34(27-35-37(32)40(35,7)8)38(45)33(30-19-14-13-15-20-30)26-29(3)28-39(4,5)6/h30-35,37,43,46-47H,3,11-28H2,1-2,4-10H3. The molecule has 0 radical (unpaired) electrons. The molecule has 0 aromatic carbocycles. The van der Waals surface area contributed by atoms with Crippen molar-refractivity contribution in [3.05, 3.63) is 12.2 Å². The highest BCUT2D eigenvalue weighted by Crippen LogP contribution is 2.72. The van der Waals surface area contributed by atoms with Gasteiger partial charge in [-0.1, -0.05) is 99.1 Å². The molecule has 47 heavy (non-hydrogen) atoms. The third-order valence-corrected chi connectivity index (χ3v) is 12.8. The van der Waals surface area contributed by atoms with Crippen LogP contribution in [0, 0.1) is 52.3 Å². The van der Waals surface area contributed by atoms with Crippen molar-refractivity contribution in [2.75, 3.05) is 6.54 Å². The molecule has 0 bridgehead atoms. The SMILES string of the molecule is C=C(CC(C(=O)C1CC2C(C1CCCCC(CCC)C(C)(O)C(=O)CCC(C)(O)NCCC)C2(C)C)C1CCCCC1)CC(C)(C)C. The number of carbonyl (C=O) groups is 2. The number of allylic oxidation sites excluding steroid dienone is 1. The maximum atomic E-state index is 14.6. The number of rotatable bonds is 21. The Morgan fingerprint density at radius 1 is 0.957 bits per heavy atom. The quantitative estimate of drug-likeness (QED) is 0.0650. The molecule has 0 aromatic heterocycles. The number of hydrogen-bond acceptors (Lipinski definition) is 5. The molecular formula is C42H75NO4. The monoisotopic (exact) mass is 658 g/mol. The van der Waals surface area contributed by atoms with Gasteiger partial charge in [0, 0.05) is 18.3 Å². The van der Waals surface area contributed by atoms with Crippen molar-refractivity contribution in [1.82, 2.24) is 5.32 Å². The molecule has 3 aliphatic carbocycles. The number of aliphatic hydroxyl groups is 2. The maximum absolute atomic E-state index is 14.6. The zero-order valence-electron chi connectivity index (χ0n) is 32.2. The Morgan fingerprint density at radius 3 is 2.21 bits per heavy atom. The van der Waals surface area contributed by atoms with Crippen LogP contribution in [-0.4, -0.2) is 39.7 Å². The minimum atomic E-state index is -1.39. The molecule has 8 unspecified atom stereocenters. The summed E-state index contributed by atoms with van der Waals surface area (Å²) in [7, 11) is 0. The molecule has 272 valence electrons. The van der Waals surface area contributed by atoms with Gasteiger partial charge in [0.15, 0.2) is 5.78 Å². The number of ketones is 2. The molecule has 0 heterocycles. The zero-order valence-corrected chi connectivity index (χ0v) is 32.2. The topological polar surface area (TPSA) is 86.6 Å². The Hall–Kier alpha value is -1.04. The fourth-order valence-electron chi connectivity index (χ4n) is 10.1. The summed E-state index contributed by atoms with van der Waals surface area (Å²) in [5.41, 5.74) is -0.720. The summed E-state index contributed by atoms with van der Waals surface area (Å²) in [6.07, 6.45) is 16.1. The molecule has 3 fully saturated rings. The van der Waals surface area contributed by atoms with Crippen molar-refractivity contribution in [1.29, 1.82) is 0 Å². The largest absolute Gasteiger partial charge is 0.382 e. The van der Waals surface area contributed by atoms with Crippen LogP contribution >= 0.6 is 0 Å². The molecule has 3 saturated carbocycles. The Kier molecular flexibility index (Phi) is 14.4. The van der Waals surface area contributed by atoms with E-state index in [1.165, 1.54) is 37.7 Å². The van der Waals surface area contributed by atoms with E-state index < -0.39 is 11.3 Å².